The van der Waals surface area contributed by atoms with Gasteiger partial charge >= 0.3 is 0 Å². The van der Waals surface area contributed by atoms with E-state index in [1.807, 2.05) is 78.9 Å². The maximum Gasteiger partial charge on any atom is 0.252 e. The van der Waals surface area contributed by atoms with Crippen molar-refractivity contribution in [2.24, 2.45) is 0 Å². The van der Waals surface area contributed by atoms with Gasteiger partial charge in [-0.2, -0.15) is 0 Å². The second-order valence-electron chi connectivity index (χ2n) is 7.08. The summed E-state index contributed by atoms with van der Waals surface area (Å²) in [6, 6.07) is 22.4. The molecule has 3 aromatic rings. The van der Waals surface area contributed by atoms with E-state index in [4.69, 9.17) is 9.47 Å². The first-order valence-electron chi connectivity index (χ1n) is 10.1. The van der Waals surface area contributed by atoms with Gasteiger partial charge in [0.05, 0.1) is 26.9 Å². The monoisotopic (exact) mass is 417 g/mol. The zero-order valence-corrected chi connectivity index (χ0v) is 17.7. The van der Waals surface area contributed by atoms with Gasteiger partial charge < -0.3 is 19.9 Å². The summed E-state index contributed by atoms with van der Waals surface area (Å²) < 4.78 is 10.6. The van der Waals surface area contributed by atoms with Crippen molar-refractivity contribution in [2.45, 2.75) is 12.5 Å². The van der Waals surface area contributed by atoms with Gasteiger partial charge in [0.15, 0.2) is 11.5 Å². The van der Waals surface area contributed by atoms with Gasteiger partial charge in [0, 0.05) is 5.56 Å². The van der Waals surface area contributed by atoms with E-state index < -0.39 is 0 Å². The van der Waals surface area contributed by atoms with Crippen molar-refractivity contribution in [1.29, 1.82) is 0 Å². The lowest BCUT2D eigenvalue weighted by atomic mass is 10.0. The van der Waals surface area contributed by atoms with Crippen LogP contribution in [0.4, 0.5) is 0 Å². The van der Waals surface area contributed by atoms with Crippen LogP contribution in [0.25, 0.3) is 12.2 Å². The predicted octanol–water partition coefficient (Wildman–Crippen LogP) is 4.21. The maximum atomic E-state index is 12.9. The molecule has 0 saturated carbocycles. The Morgan fingerprint density at radius 3 is 2.35 bits per heavy atom. The summed E-state index contributed by atoms with van der Waals surface area (Å²) >= 11 is 0. The second kappa shape index (κ2) is 11.0. The number of amides is 1. The molecule has 0 saturated heterocycles. The topological polar surface area (TPSA) is 67.8 Å². The van der Waals surface area contributed by atoms with Crippen molar-refractivity contribution >= 4 is 18.1 Å². The fraction of sp³-hybridized carbons (Fsp3) is 0.192. The summed E-state index contributed by atoms with van der Waals surface area (Å²) in [5.74, 6) is 1.08. The lowest BCUT2D eigenvalue weighted by Gasteiger charge is -2.17. The number of nitrogens with one attached hydrogen (secondary N) is 1. The zero-order valence-electron chi connectivity index (χ0n) is 17.7. The van der Waals surface area contributed by atoms with Crippen molar-refractivity contribution in [3.05, 3.63) is 95.1 Å². The standard InChI is InChI=1S/C26H27NO4/c1-30-24-15-13-20(17-25(24)31-2)12-14-21-10-6-7-11-23(21)26(29)27-22(18-28)16-19-8-4-3-5-9-19/h3-15,17,22,28H,16,18H2,1-2H3,(H,27,29)/b14-12+/t22-/m0/s1. The molecule has 0 fully saturated rings. The first kappa shape index (κ1) is 22.1. The Kier molecular flexibility index (Phi) is 7.85. The van der Waals surface area contributed by atoms with Crippen LogP contribution >= 0.6 is 0 Å². The third-order valence-electron chi connectivity index (χ3n) is 4.95. The van der Waals surface area contributed by atoms with Gasteiger partial charge in [0.2, 0.25) is 0 Å². The fourth-order valence-corrected chi connectivity index (χ4v) is 3.31. The van der Waals surface area contributed by atoms with E-state index in [0.29, 0.717) is 23.5 Å². The normalized spacial score (nSPS) is 11.8. The molecule has 5 nitrogen and oxygen atoms in total. The first-order valence-corrected chi connectivity index (χ1v) is 10.1. The van der Waals surface area contributed by atoms with Crippen LogP contribution in [0.1, 0.15) is 27.0 Å². The second-order valence-corrected chi connectivity index (χ2v) is 7.08. The minimum Gasteiger partial charge on any atom is -0.493 e. The minimum atomic E-state index is -0.363. The molecule has 0 aliphatic heterocycles. The van der Waals surface area contributed by atoms with E-state index in [1.165, 1.54) is 0 Å². The number of methoxy groups -OCH3 is 2. The molecule has 3 aromatic carbocycles. The summed E-state index contributed by atoms with van der Waals surface area (Å²) in [5.41, 5.74) is 3.31. The van der Waals surface area contributed by atoms with Crippen molar-refractivity contribution in [3.8, 4) is 11.5 Å². The number of hydrogen-bond acceptors (Lipinski definition) is 4. The Hall–Kier alpha value is -3.57. The Morgan fingerprint density at radius 2 is 1.65 bits per heavy atom. The van der Waals surface area contributed by atoms with Crippen LogP contribution in [0, 0.1) is 0 Å². The molecule has 0 heterocycles. The van der Waals surface area contributed by atoms with E-state index in [2.05, 4.69) is 5.32 Å². The third-order valence-corrected chi connectivity index (χ3v) is 4.95. The van der Waals surface area contributed by atoms with Crippen molar-refractivity contribution in [1.82, 2.24) is 5.32 Å². The van der Waals surface area contributed by atoms with Crippen LogP contribution in [-0.2, 0) is 6.42 Å². The fourth-order valence-electron chi connectivity index (χ4n) is 3.31. The average Bonchev–Trinajstić information content (AvgIpc) is 2.82. The number of benzene rings is 3. The number of hydrogen-bond donors (Lipinski definition) is 2. The van der Waals surface area contributed by atoms with E-state index in [9.17, 15) is 9.90 Å². The molecule has 31 heavy (non-hydrogen) atoms. The quantitative estimate of drug-likeness (QED) is 0.512. The molecule has 0 bridgehead atoms. The molecule has 0 aliphatic rings. The Balaban J connectivity index is 1.76. The smallest absolute Gasteiger partial charge is 0.252 e. The van der Waals surface area contributed by atoms with Crippen LogP contribution in [0.2, 0.25) is 0 Å². The van der Waals surface area contributed by atoms with E-state index in [0.717, 1.165) is 16.7 Å². The molecular weight excluding hydrogens is 390 g/mol. The molecule has 5 heteroatoms. The van der Waals surface area contributed by atoms with Crippen molar-refractivity contribution < 1.29 is 19.4 Å². The Morgan fingerprint density at radius 1 is 0.935 bits per heavy atom. The van der Waals surface area contributed by atoms with Crippen molar-refractivity contribution in [2.75, 3.05) is 20.8 Å². The van der Waals surface area contributed by atoms with Gasteiger partial charge in [-0.1, -0.05) is 66.7 Å². The van der Waals surface area contributed by atoms with Crippen molar-refractivity contribution in [3.63, 3.8) is 0 Å². The molecule has 2 N–H and O–H groups in total. The van der Waals surface area contributed by atoms with Crippen LogP contribution in [0.15, 0.2) is 72.8 Å². The summed E-state index contributed by atoms with van der Waals surface area (Å²) in [6.45, 7) is -0.135. The third kappa shape index (κ3) is 5.96. The van der Waals surface area contributed by atoms with Crippen LogP contribution in [0.5, 0.6) is 11.5 Å². The lowest BCUT2D eigenvalue weighted by molar-refractivity contribution is 0.0916. The summed E-state index contributed by atoms with van der Waals surface area (Å²) in [6.07, 6.45) is 4.37. The van der Waals surface area contributed by atoms with Gasteiger partial charge in [0.25, 0.3) is 5.91 Å². The number of aliphatic hydroxyl groups excluding tert-OH is 1. The molecule has 0 radical (unpaired) electrons. The van der Waals surface area contributed by atoms with Crippen LogP contribution < -0.4 is 14.8 Å². The highest BCUT2D eigenvalue weighted by Gasteiger charge is 2.15. The maximum absolute atomic E-state index is 12.9. The van der Waals surface area contributed by atoms with E-state index >= 15 is 0 Å². The zero-order chi connectivity index (χ0) is 22.1. The number of ether oxygens (including phenoxy) is 2. The molecule has 0 spiro atoms. The molecule has 1 atom stereocenters. The minimum absolute atomic E-state index is 0.135. The number of carbonyl (C=O) groups excluding carboxylic acids is 1. The molecule has 3 rings (SSSR count). The Labute approximate surface area is 183 Å². The largest absolute Gasteiger partial charge is 0.493 e. The van der Waals surface area contributed by atoms with E-state index in [-0.39, 0.29) is 18.6 Å². The molecule has 1 amide bonds. The van der Waals surface area contributed by atoms with Gasteiger partial charge in [-0.05, 0) is 41.3 Å². The highest BCUT2D eigenvalue weighted by Crippen LogP contribution is 2.28. The molecule has 0 aromatic heterocycles. The number of carbonyl (C=O) groups is 1. The van der Waals surface area contributed by atoms with Gasteiger partial charge in [-0.25, -0.2) is 0 Å². The lowest BCUT2D eigenvalue weighted by Crippen LogP contribution is -2.39. The molecule has 160 valence electrons. The summed E-state index contributed by atoms with van der Waals surface area (Å²) in [4.78, 5) is 12.9. The summed E-state index contributed by atoms with van der Waals surface area (Å²) in [7, 11) is 3.19. The summed E-state index contributed by atoms with van der Waals surface area (Å²) in [5, 5.41) is 12.7. The highest BCUT2D eigenvalue weighted by atomic mass is 16.5. The number of rotatable bonds is 9. The molecule has 0 unspecified atom stereocenters. The average molecular weight is 418 g/mol. The first-order chi connectivity index (χ1) is 15.1. The van der Waals surface area contributed by atoms with E-state index in [1.54, 1.807) is 20.3 Å². The number of aliphatic hydroxyl groups is 1. The molecular formula is C26H27NO4. The Bertz CT molecular complexity index is 1030. The van der Waals surface area contributed by atoms with Gasteiger partial charge in [-0.3, -0.25) is 4.79 Å². The SMILES string of the molecule is COc1ccc(/C=C/c2ccccc2C(=O)N[C@H](CO)Cc2ccccc2)cc1OC. The van der Waals surface area contributed by atoms with Crippen LogP contribution in [0.3, 0.4) is 0 Å². The van der Waals surface area contributed by atoms with Gasteiger partial charge in [-0.15, -0.1) is 0 Å². The van der Waals surface area contributed by atoms with Gasteiger partial charge in [0.1, 0.15) is 0 Å². The highest BCUT2D eigenvalue weighted by molar-refractivity contribution is 5.98. The molecule has 0 aliphatic carbocycles. The predicted molar refractivity (Wildman–Crippen MR) is 123 cm³/mol. The van der Waals surface area contributed by atoms with Crippen LogP contribution in [-0.4, -0.2) is 37.9 Å².